The number of carbonyl (C=O) groups is 1. The van der Waals surface area contributed by atoms with Gasteiger partial charge in [-0.15, -0.1) is 22.7 Å². The van der Waals surface area contributed by atoms with Crippen molar-refractivity contribution >= 4 is 70.5 Å². The van der Waals surface area contributed by atoms with Gasteiger partial charge in [-0.05, 0) is 36.2 Å². The second-order valence-corrected chi connectivity index (χ2v) is 11.0. The smallest absolute Gasteiger partial charge is 0.219 e. The number of nitrogens with one attached hydrogen (secondary N) is 1. The number of carbonyl (C=O) groups excluding carboxylic acids is 1. The summed E-state index contributed by atoms with van der Waals surface area (Å²) >= 11 is 5.01. The number of ether oxygens (including phenoxy) is 1. The summed E-state index contributed by atoms with van der Waals surface area (Å²) in [5, 5.41) is 6.45. The Kier molecular flexibility index (Phi) is 5.05. The second kappa shape index (κ2) is 8.09. The van der Waals surface area contributed by atoms with Crippen molar-refractivity contribution < 1.29 is 9.53 Å². The van der Waals surface area contributed by atoms with Crippen molar-refractivity contribution in [3.05, 3.63) is 52.9 Å². The molecule has 1 aliphatic rings. The quantitative estimate of drug-likeness (QED) is 0.319. The minimum Gasteiger partial charge on any atom is -0.494 e. The third kappa shape index (κ3) is 3.56. The van der Waals surface area contributed by atoms with Crippen LogP contribution in [0, 0.1) is 0 Å². The molecule has 1 amide bonds. The van der Waals surface area contributed by atoms with Gasteiger partial charge in [-0.3, -0.25) is 4.79 Å². The van der Waals surface area contributed by atoms with Crippen LogP contribution >= 0.6 is 34.0 Å². The minimum atomic E-state index is 0.114. The maximum Gasteiger partial charge on any atom is 0.219 e. The normalized spacial score (nSPS) is 13.5. The molecular formula is C24H20N4O2S3. The van der Waals surface area contributed by atoms with Crippen molar-refractivity contribution in [3.8, 4) is 16.3 Å². The lowest BCUT2D eigenvalue weighted by atomic mass is 10.0. The first-order valence-electron chi connectivity index (χ1n) is 10.6. The standard InChI is InChI=1S/C24H20N4O2S3/c1-13(29)28-11-10-14-19(12-28)32-23(20(14)22-25-15-6-3-4-8-17(15)31-22)27-24-26-21-16(30-2)7-5-9-18(21)33-24/h3-9H,10-12H2,1-2H3,(H,26,27). The van der Waals surface area contributed by atoms with Crippen LogP contribution in [0.15, 0.2) is 42.5 Å². The van der Waals surface area contributed by atoms with Gasteiger partial charge in [0.1, 0.15) is 21.3 Å². The Labute approximate surface area is 202 Å². The Balaban J connectivity index is 1.47. The average molecular weight is 493 g/mol. The molecule has 4 heterocycles. The van der Waals surface area contributed by atoms with E-state index in [0.29, 0.717) is 6.54 Å². The van der Waals surface area contributed by atoms with Crippen LogP contribution in [0.1, 0.15) is 17.4 Å². The second-order valence-electron chi connectivity index (χ2n) is 7.84. The molecule has 0 aliphatic carbocycles. The van der Waals surface area contributed by atoms with E-state index in [2.05, 4.69) is 23.5 Å². The van der Waals surface area contributed by atoms with Crippen LogP contribution in [-0.2, 0) is 17.8 Å². The van der Waals surface area contributed by atoms with Gasteiger partial charge in [0.2, 0.25) is 5.91 Å². The lowest BCUT2D eigenvalue weighted by molar-refractivity contribution is -0.129. The molecule has 6 rings (SSSR count). The largest absolute Gasteiger partial charge is 0.494 e. The molecule has 166 valence electrons. The molecule has 0 bridgehead atoms. The van der Waals surface area contributed by atoms with E-state index in [0.717, 1.165) is 55.2 Å². The number of rotatable bonds is 4. The summed E-state index contributed by atoms with van der Waals surface area (Å²) in [6.07, 6.45) is 0.825. The Morgan fingerprint density at radius 2 is 1.91 bits per heavy atom. The fourth-order valence-electron chi connectivity index (χ4n) is 4.20. The summed E-state index contributed by atoms with van der Waals surface area (Å²) in [4.78, 5) is 24.9. The van der Waals surface area contributed by atoms with Crippen molar-refractivity contribution in [2.24, 2.45) is 0 Å². The van der Waals surface area contributed by atoms with Crippen LogP contribution in [0.25, 0.3) is 31.0 Å². The maximum absolute atomic E-state index is 12.0. The Morgan fingerprint density at radius 3 is 2.73 bits per heavy atom. The zero-order chi connectivity index (χ0) is 22.5. The fraction of sp³-hybridized carbons (Fsp3) is 0.208. The van der Waals surface area contributed by atoms with Crippen molar-refractivity contribution in [1.29, 1.82) is 0 Å². The van der Waals surface area contributed by atoms with Crippen molar-refractivity contribution in [3.63, 3.8) is 0 Å². The van der Waals surface area contributed by atoms with Gasteiger partial charge in [0.05, 0.1) is 28.6 Å². The summed E-state index contributed by atoms with van der Waals surface area (Å²) in [6.45, 7) is 3.01. The van der Waals surface area contributed by atoms with Gasteiger partial charge < -0.3 is 15.0 Å². The molecule has 6 nitrogen and oxygen atoms in total. The van der Waals surface area contributed by atoms with Crippen molar-refractivity contribution in [2.45, 2.75) is 19.9 Å². The Hall–Kier alpha value is -3.01. The number of hydrogen-bond donors (Lipinski definition) is 1. The van der Waals surface area contributed by atoms with Gasteiger partial charge in [-0.1, -0.05) is 29.5 Å². The molecule has 2 aromatic carbocycles. The molecule has 0 fully saturated rings. The SMILES string of the molecule is COc1cccc2sc(Nc3sc4c(c3-c3nc5ccccc5s3)CCN(C(C)=O)C4)nc12. The summed E-state index contributed by atoms with van der Waals surface area (Å²) < 4.78 is 7.73. The topological polar surface area (TPSA) is 67.3 Å². The summed E-state index contributed by atoms with van der Waals surface area (Å²) in [6, 6.07) is 14.2. The molecule has 1 N–H and O–H groups in total. The highest BCUT2D eigenvalue weighted by Crippen LogP contribution is 2.47. The highest BCUT2D eigenvalue weighted by molar-refractivity contribution is 7.24. The molecule has 9 heteroatoms. The molecule has 33 heavy (non-hydrogen) atoms. The molecule has 0 radical (unpaired) electrons. The monoisotopic (exact) mass is 492 g/mol. The highest BCUT2D eigenvalue weighted by atomic mass is 32.1. The molecule has 0 saturated carbocycles. The van der Waals surface area contributed by atoms with Gasteiger partial charge in [0.25, 0.3) is 0 Å². The molecule has 0 saturated heterocycles. The van der Waals surface area contributed by atoms with Gasteiger partial charge in [-0.2, -0.15) is 0 Å². The highest BCUT2D eigenvalue weighted by Gasteiger charge is 2.28. The zero-order valence-corrected chi connectivity index (χ0v) is 20.5. The number of aromatic nitrogens is 2. The minimum absolute atomic E-state index is 0.114. The number of nitrogens with zero attached hydrogens (tertiary/aromatic N) is 3. The van der Waals surface area contributed by atoms with E-state index in [-0.39, 0.29) is 5.91 Å². The van der Waals surface area contributed by atoms with E-state index in [1.807, 2.05) is 29.2 Å². The first-order chi connectivity index (χ1) is 16.1. The molecule has 3 aromatic heterocycles. The third-order valence-corrected chi connectivity index (χ3v) is 8.95. The van der Waals surface area contributed by atoms with Crippen molar-refractivity contribution in [1.82, 2.24) is 14.9 Å². The van der Waals surface area contributed by atoms with Crippen LogP contribution in [0.5, 0.6) is 5.75 Å². The number of para-hydroxylation sites is 2. The number of hydrogen-bond acceptors (Lipinski definition) is 8. The number of thiazole rings is 2. The number of thiophene rings is 1. The van der Waals surface area contributed by atoms with E-state index in [1.165, 1.54) is 15.1 Å². The van der Waals surface area contributed by atoms with Gasteiger partial charge in [-0.25, -0.2) is 9.97 Å². The summed E-state index contributed by atoms with van der Waals surface area (Å²) in [7, 11) is 1.67. The van der Waals surface area contributed by atoms with Gasteiger partial charge in [0, 0.05) is 23.9 Å². The fourth-order valence-corrected chi connectivity index (χ4v) is 7.53. The predicted molar refractivity (Wildman–Crippen MR) is 137 cm³/mol. The van der Waals surface area contributed by atoms with Crippen LogP contribution in [-0.4, -0.2) is 34.4 Å². The summed E-state index contributed by atoms with van der Waals surface area (Å²) in [5.74, 6) is 0.883. The molecule has 0 atom stereocenters. The lowest BCUT2D eigenvalue weighted by Gasteiger charge is -2.25. The average Bonchev–Trinajstić information content (AvgIpc) is 3.51. The molecule has 1 aliphatic heterocycles. The lowest BCUT2D eigenvalue weighted by Crippen LogP contribution is -2.33. The van der Waals surface area contributed by atoms with Crippen LogP contribution < -0.4 is 10.1 Å². The van der Waals surface area contributed by atoms with E-state index in [4.69, 9.17) is 14.7 Å². The van der Waals surface area contributed by atoms with E-state index >= 15 is 0 Å². The number of benzene rings is 2. The van der Waals surface area contributed by atoms with Gasteiger partial charge in [0.15, 0.2) is 5.13 Å². The number of anilines is 2. The molecule has 0 spiro atoms. The maximum atomic E-state index is 12.0. The number of fused-ring (bicyclic) bond motifs is 3. The number of methoxy groups -OCH3 is 1. The molecule has 5 aromatic rings. The molecule has 0 unspecified atom stereocenters. The predicted octanol–water partition coefficient (Wildman–Crippen LogP) is 6.29. The van der Waals surface area contributed by atoms with E-state index in [9.17, 15) is 4.79 Å². The third-order valence-electron chi connectivity index (χ3n) is 5.83. The molecular weight excluding hydrogens is 472 g/mol. The van der Waals surface area contributed by atoms with Crippen molar-refractivity contribution in [2.75, 3.05) is 19.0 Å². The zero-order valence-electron chi connectivity index (χ0n) is 18.0. The number of amides is 1. The van der Waals surface area contributed by atoms with E-state index in [1.54, 1.807) is 48.0 Å². The summed E-state index contributed by atoms with van der Waals surface area (Å²) in [5.41, 5.74) is 4.30. The van der Waals surface area contributed by atoms with Crippen LogP contribution in [0.4, 0.5) is 10.1 Å². The first kappa shape index (κ1) is 20.6. The Bertz CT molecular complexity index is 1480. The van der Waals surface area contributed by atoms with Crippen LogP contribution in [0.2, 0.25) is 0 Å². The van der Waals surface area contributed by atoms with Gasteiger partial charge >= 0.3 is 0 Å². The van der Waals surface area contributed by atoms with E-state index < -0.39 is 0 Å². The van der Waals surface area contributed by atoms with Crippen LogP contribution in [0.3, 0.4) is 0 Å². The first-order valence-corrected chi connectivity index (χ1v) is 13.0. The Morgan fingerprint density at radius 1 is 1.06 bits per heavy atom.